The second-order valence-electron chi connectivity index (χ2n) is 10.4. The number of carbonyl (C=O) groups is 1. The number of carbonyl (C=O) groups excluding carboxylic acids is 1. The van der Waals surface area contributed by atoms with Crippen molar-refractivity contribution in [3.05, 3.63) is 77.2 Å². The van der Waals surface area contributed by atoms with E-state index in [1.165, 1.54) is 11.3 Å². The fourth-order valence-electron chi connectivity index (χ4n) is 5.53. The first kappa shape index (κ1) is 25.9. The molecule has 4 aromatic rings. The molecule has 0 radical (unpaired) electrons. The number of benzene rings is 1. The number of rotatable bonds is 7. The summed E-state index contributed by atoms with van der Waals surface area (Å²) in [6.45, 7) is 2.92. The van der Waals surface area contributed by atoms with Crippen molar-refractivity contribution < 1.29 is 9.90 Å². The van der Waals surface area contributed by atoms with Gasteiger partial charge in [0.05, 0.1) is 5.69 Å². The zero-order valence-corrected chi connectivity index (χ0v) is 22.4. The van der Waals surface area contributed by atoms with Gasteiger partial charge in [-0.3, -0.25) is 9.69 Å². The van der Waals surface area contributed by atoms with Crippen LogP contribution in [0, 0.1) is 0 Å². The third-order valence-electron chi connectivity index (χ3n) is 7.67. The number of aliphatic hydroxyl groups is 1. The topological polar surface area (TPSA) is 101 Å². The second kappa shape index (κ2) is 10.9. The van der Waals surface area contributed by atoms with Crippen molar-refractivity contribution >= 4 is 22.8 Å². The predicted octanol–water partition coefficient (Wildman–Crippen LogP) is 3.83. The van der Waals surface area contributed by atoms with Crippen LogP contribution in [-0.2, 0) is 20.0 Å². The van der Waals surface area contributed by atoms with E-state index in [1.807, 2.05) is 36.5 Å². The Morgan fingerprint density at radius 2 is 1.82 bits per heavy atom. The predicted molar refractivity (Wildman–Crippen MR) is 151 cm³/mol. The Hall–Kier alpha value is -3.75. The van der Waals surface area contributed by atoms with Crippen molar-refractivity contribution in [1.29, 1.82) is 0 Å². The van der Waals surface area contributed by atoms with Gasteiger partial charge in [-0.2, -0.15) is 0 Å². The Morgan fingerprint density at radius 3 is 2.50 bits per heavy atom. The molecule has 1 aromatic carbocycles. The summed E-state index contributed by atoms with van der Waals surface area (Å²) in [5, 5.41) is 10.6. The maximum atomic E-state index is 12.2. The number of nitrogens with two attached hydrogens (primary N) is 1. The molecule has 5 rings (SSSR count). The molecule has 1 amide bonds. The highest BCUT2D eigenvalue weighted by Crippen LogP contribution is 2.33. The highest BCUT2D eigenvalue weighted by atomic mass is 16.3. The van der Waals surface area contributed by atoms with E-state index in [4.69, 9.17) is 5.73 Å². The van der Waals surface area contributed by atoms with Crippen LogP contribution in [-0.4, -0.2) is 69.1 Å². The van der Waals surface area contributed by atoms with E-state index < -0.39 is 0 Å². The molecular formula is C30H36N6O2. The molecule has 3 aromatic heterocycles. The van der Waals surface area contributed by atoms with Crippen LogP contribution in [0.5, 0.6) is 0 Å². The number of hydrogen-bond donors (Lipinski definition) is 2. The minimum atomic E-state index is 0.0199. The average Bonchev–Trinajstić information content (AvgIpc) is 3.24. The lowest BCUT2D eigenvalue weighted by atomic mass is 9.89. The number of aromatic nitrogens is 3. The van der Waals surface area contributed by atoms with Crippen LogP contribution in [0.2, 0.25) is 0 Å². The summed E-state index contributed by atoms with van der Waals surface area (Å²) in [4.78, 5) is 25.5. The Kier molecular flexibility index (Phi) is 7.44. The maximum Gasteiger partial charge on any atom is 0.253 e. The summed E-state index contributed by atoms with van der Waals surface area (Å²) >= 11 is 0. The zero-order valence-electron chi connectivity index (χ0n) is 22.4. The molecule has 1 fully saturated rings. The highest BCUT2D eigenvalue weighted by molar-refractivity contribution is 5.95. The molecule has 0 unspecified atom stereocenters. The summed E-state index contributed by atoms with van der Waals surface area (Å²) in [5.41, 5.74) is 13.0. The zero-order chi connectivity index (χ0) is 26.8. The molecule has 0 bridgehead atoms. The number of amides is 1. The minimum Gasteiger partial charge on any atom is -0.396 e. The summed E-state index contributed by atoms with van der Waals surface area (Å²) < 4.78 is 2.18. The fraction of sp³-hybridized carbons (Fsp3) is 0.367. The minimum absolute atomic E-state index is 0.0199. The number of aryl methyl sites for hydroxylation is 1. The van der Waals surface area contributed by atoms with E-state index in [0.29, 0.717) is 18.2 Å². The molecular weight excluding hydrogens is 476 g/mol. The number of pyridine rings is 2. The Bertz CT molecular complexity index is 1440. The SMILES string of the molecule is CN(C)C(=O)c1ccc(C2CCN(Cc3cc4c(-c5ccc(N)nc5CCO)ccnc4n3C)CC2)cc1. The first-order chi connectivity index (χ1) is 18.4. The van der Waals surface area contributed by atoms with Gasteiger partial charge in [-0.15, -0.1) is 0 Å². The van der Waals surface area contributed by atoms with Crippen LogP contribution >= 0.6 is 0 Å². The molecule has 4 heterocycles. The number of aliphatic hydroxyl groups excluding tert-OH is 1. The summed E-state index contributed by atoms with van der Waals surface area (Å²) in [6, 6.07) is 16.2. The van der Waals surface area contributed by atoms with Gasteiger partial charge in [0.1, 0.15) is 11.5 Å². The van der Waals surface area contributed by atoms with Crippen LogP contribution in [0.1, 0.15) is 46.1 Å². The third-order valence-corrected chi connectivity index (χ3v) is 7.67. The summed E-state index contributed by atoms with van der Waals surface area (Å²) in [6.07, 6.45) is 4.48. The van der Waals surface area contributed by atoms with Crippen molar-refractivity contribution in [2.24, 2.45) is 7.05 Å². The molecule has 1 saturated heterocycles. The van der Waals surface area contributed by atoms with Gasteiger partial charge in [-0.25, -0.2) is 9.97 Å². The van der Waals surface area contributed by atoms with E-state index in [1.54, 1.807) is 19.0 Å². The molecule has 1 aliphatic heterocycles. The molecule has 8 nitrogen and oxygen atoms in total. The van der Waals surface area contributed by atoms with Gasteiger partial charge >= 0.3 is 0 Å². The first-order valence-corrected chi connectivity index (χ1v) is 13.2. The molecule has 38 heavy (non-hydrogen) atoms. The summed E-state index contributed by atoms with van der Waals surface area (Å²) in [7, 11) is 5.64. The van der Waals surface area contributed by atoms with Gasteiger partial charge in [-0.05, 0) is 79.4 Å². The number of hydrogen-bond acceptors (Lipinski definition) is 6. The smallest absolute Gasteiger partial charge is 0.253 e. The van der Waals surface area contributed by atoms with Crippen molar-refractivity contribution in [2.75, 3.05) is 39.5 Å². The van der Waals surface area contributed by atoms with Gasteiger partial charge in [-0.1, -0.05) is 12.1 Å². The van der Waals surface area contributed by atoms with Gasteiger partial charge < -0.3 is 20.3 Å². The lowest BCUT2D eigenvalue weighted by Gasteiger charge is -2.32. The molecule has 3 N–H and O–H groups in total. The van der Waals surface area contributed by atoms with Gasteiger partial charge in [0.25, 0.3) is 5.91 Å². The Labute approximate surface area is 223 Å². The fourth-order valence-corrected chi connectivity index (χ4v) is 5.53. The number of nitrogens with zero attached hydrogens (tertiary/aromatic N) is 5. The van der Waals surface area contributed by atoms with E-state index in [-0.39, 0.29) is 12.5 Å². The van der Waals surface area contributed by atoms with Crippen LogP contribution in [0.15, 0.2) is 54.7 Å². The van der Waals surface area contributed by atoms with Gasteiger partial charge in [0.2, 0.25) is 0 Å². The molecule has 198 valence electrons. The largest absolute Gasteiger partial charge is 0.396 e. The molecule has 0 atom stereocenters. The maximum absolute atomic E-state index is 12.2. The van der Waals surface area contributed by atoms with E-state index in [9.17, 15) is 9.90 Å². The summed E-state index contributed by atoms with van der Waals surface area (Å²) in [5.74, 6) is 1.01. The number of piperidine rings is 1. The lowest BCUT2D eigenvalue weighted by Crippen LogP contribution is -2.33. The van der Waals surface area contributed by atoms with Crippen LogP contribution < -0.4 is 5.73 Å². The standard InChI is InChI=1S/C30H36N6O2/c1-34(2)30(38)22-6-4-20(5-7-22)21-11-15-36(16-12-21)19-23-18-26-24(10-14-32-29(26)35(23)3)25-8-9-28(31)33-27(25)13-17-37/h4-10,14,18,21,37H,11-13,15-17,19H2,1-3H3,(H2,31,33). The van der Waals surface area contributed by atoms with Crippen molar-refractivity contribution in [3.8, 4) is 11.1 Å². The average molecular weight is 513 g/mol. The number of fused-ring (bicyclic) bond motifs is 1. The highest BCUT2D eigenvalue weighted by Gasteiger charge is 2.23. The first-order valence-electron chi connectivity index (χ1n) is 13.2. The number of anilines is 1. The van der Waals surface area contributed by atoms with Crippen LogP contribution in [0.3, 0.4) is 0 Å². The van der Waals surface area contributed by atoms with Crippen LogP contribution in [0.25, 0.3) is 22.2 Å². The monoisotopic (exact) mass is 512 g/mol. The number of likely N-dealkylation sites (tertiary alicyclic amines) is 1. The van der Waals surface area contributed by atoms with Crippen molar-refractivity contribution in [1.82, 2.24) is 24.3 Å². The molecule has 0 saturated carbocycles. The van der Waals surface area contributed by atoms with E-state index in [0.717, 1.165) is 65.9 Å². The van der Waals surface area contributed by atoms with Crippen molar-refractivity contribution in [3.63, 3.8) is 0 Å². The molecule has 8 heteroatoms. The van der Waals surface area contributed by atoms with Gasteiger partial charge in [0, 0.05) is 69.1 Å². The van der Waals surface area contributed by atoms with Crippen molar-refractivity contribution in [2.45, 2.75) is 31.7 Å². The lowest BCUT2D eigenvalue weighted by molar-refractivity contribution is 0.0827. The third kappa shape index (κ3) is 5.14. The quantitative estimate of drug-likeness (QED) is 0.390. The van der Waals surface area contributed by atoms with Gasteiger partial charge in [0.15, 0.2) is 0 Å². The van der Waals surface area contributed by atoms with E-state index >= 15 is 0 Å². The molecule has 1 aliphatic rings. The normalized spacial score (nSPS) is 14.7. The Balaban J connectivity index is 1.31. The number of nitrogen functional groups attached to an aromatic ring is 1. The van der Waals surface area contributed by atoms with Crippen LogP contribution in [0.4, 0.5) is 5.82 Å². The van der Waals surface area contributed by atoms with E-state index in [2.05, 4.69) is 44.7 Å². The Morgan fingerprint density at radius 1 is 1.08 bits per heavy atom. The molecule has 0 spiro atoms. The molecule has 0 aliphatic carbocycles. The second-order valence-corrected chi connectivity index (χ2v) is 10.4.